The molecule has 0 rings (SSSR count). The molecule has 5 heteroatoms. The highest BCUT2D eigenvalue weighted by Gasteiger charge is 2.21. The van der Waals surface area contributed by atoms with Crippen molar-refractivity contribution in [3.63, 3.8) is 0 Å². The Bertz CT molecular complexity index is 868. The van der Waals surface area contributed by atoms with E-state index in [2.05, 4.69) is 19.2 Å². The molecule has 384 valence electrons. The molecule has 4 N–H and O–H groups in total. The molecule has 3 atom stereocenters. The Hall–Kier alpha value is -0.650. The van der Waals surface area contributed by atoms with Gasteiger partial charge in [-0.1, -0.05) is 328 Å². The summed E-state index contributed by atoms with van der Waals surface area (Å²) in [6.45, 7) is 4.32. The molecule has 5 nitrogen and oxygen atoms in total. The maximum absolute atomic E-state index is 12.6. The summed E-state index contributed by atoms with van der Waals surface area (Å²) in [4.78, 5) is 12.6. The average Bonchev–Trinajstić information content (AvgIpc) is 3.29. The molecule has 0 aliphatic heterocycles. The van der Waals surface area contributed by atoms with Gasteiger partial charge in [0.2, 0.25) is 5.91 Å². The monoisotopic (exact) mass is 906 g/mol. The van der Waals surface area contributed by atoms with Gasteiger partial charge in [-0.25, -0.2) is 0 Å². The van der Waals surface area contributed by atoms with Gasteiger partial charge in [0.1, 0.15) is 0 Å². The van der Waals surface area contributed by atoms with Crippen LogP contribution in [0.3, 0.4) is 0 Å². The minimum atomic E-state index is -0.746. The number of nitrogens with one attached hydrogen (secondary N) is 1. The van der Waals surface area contributed by atoms with Gasteiger partial charge in [-0.3, -0.25) is 4.79 Å². The summed E-state index contributed by atoms with van der Waals surface area (Å²) >= 11 is 0. The summed E-state index contributed by atoms with van der Waals surface area (Å²) in [5.74, 6) is -0.273. The van der Waals surface area contributed by atoms with Crippen molar-refractivity contribution in [3.05, 3.63) is 0 Å². The molecule has 1 amide bonds. The van der Waals surface area contributed by atoms with Gasteiger partial charge in [-0.15, -0.1) is 0 Å². The molecule has 0 saturated heterocycles. The third-order valence-corrected chi connectivity index (χ3v) is 14.4. The fourth-order valence-electron chi connectivity index (χ4n) is 9.88. The minimum Gasteiger partial charge on any atom is -0.394 e. The summed E-state index contributed by atoms with van der Waals surface area (Å²) in [7, 11) is 0. The van der Waals surface area contributed by atoms with E-state index >= 15 is 0 Å². The summed E-state index contributed by atoms with van der Waals surface area (Å²) in [5.41, 5.74) is 0. The molecule has 0 saturated carbocycles. The maximum atomic E-state index is 12.6. The number of hydrogen-bond acceptors (Lipinski definition) is 4. The van der Waals surface area contributed by atoms with Crippen molar-refractivity contribution < 1.29 is 20.1 Å². The van der Waals surface area contributed by atoms with Crippen LogP contribution in [0.15, 0.2) is 0 Å². The third-order valence-electron chi connectivity index (χ3n) is 14.4. The van der Waals surface area contributed by atoms with E-state index in [0.29, 0.717) is 12.8 Å². The largest absolute Gasteiger partial charge is 0.394 e. The average molecular weight is 907 g/mol. The second-order valence-corrected chi connectivity index (χ2v) is 21.0. The highest BCUT2D eigenvalue weighted by atomic mass is 16.3. The lowest BCUT2D eigenvalue weighted by Crippen LogP contribution is -2.46. The van der Waals surface area contributed by atoms with Gasteiger partial charge < -0.3 is 20.6 Å². The van der Waals surface area contributed by atoms with Crippen molar-refractivity contribution in [3.8, 4) is 0 Å². The Balaban J connectivity index is 3.47. The fourth-order valence-corrected chi connectivity index (χ4v) is 9.88. The maximum Gasteiger partial charge on any atom is 0.222 e. The van der Waals surface area contributed by atoms with Crippen molar-refractivity contribution in [2.24, 2.45) is 0 Å². The fraction of sp³-hybridized carbons (Fsp3) is 0.983. The highest BCUT2D eigenvalue weighted by Crippen LogP contribution is 2.19. The number of carbonyl (C=O) groups excluding carboxylic acids is 1. The number of rotatable bonds is 56. The lowest BCUT2D eigenvalue weighted by molar-refractivity contribution is -0.125. The molecular weight excluding hydrogens is 787 g/mol. The molecule has 0 fully saturated rings. The Kier molecular flexibility index (Phi) is 54.4. The van der Waals surface area contributed by atoms with Crippen LogP contribution in [0.5, 0.6) is 0 Å². The predicted molar refractivity (Wildman–Crippen MR) is 282 cm³/mol. The van der Waals surface area contributed by atoms with E-state index in [1.54, 1.807) is 0 Å². The van der Waals surface area contributed by atoms with Crippen LogP contribution in [0.4, 0.5) is 0 Å². The molecule has 0 aromatic rings. The van der Waals surface area contributed by atoms with Crippen LogP contribution in [0.1, 0.15) is 348 Å². The van der Waals surface area contributed by atoms with Gasteiger partial charge in [0.25, 0.3) is 0 Å². The smallest absolute Gasteiger partial charge is 0.222 e. The summed E-state index contributed by atoms with van der Waals surface area (Å²) in [6, 6.07) is -0.654. The molecule has 64 heavy (non-hydrogen) atoms. The Morgan fingerprint density at radius 1 is 0.328 bits per heavy atom. The van der Waals surface area contributed by atoms with E-state index in [-0.39, 0.29) is 18.9 Å². The number of carbonyl (C=O) groups is 1. The van der Waals surface area contributed by atoms with Crippen LogP contribution >= 0.6 is 0 Å². The minimum absolute atomic E-state index is 0.0437. The lowest BCUT2D eigenvalue weighted by atomic mass is 10.0. The van der Waals surface area contributed by atoms with E-state index in [9.17, 15) is 20.1 Å². The first-order chi connectivity index (χ1) is 31.5. The number of amides is 1. The molecule has 0 aliphatic carbocycles. The van der Waals surface area contributed by atoms with E-state index in [1.807, 2.05) is 0 Å². The van der Waals surface area contributed by atoms with Crippen molar-refractivity contribution in [1.29, 1.82) is 0 Å². The van der Waals surface area contributed by atoms with Crippen molar-refractivity contribution in [1.82, 2.24) is 5.32 Å². The van der Waals surface area contributed by atoms with Gasteiger partial charge in [-0.05, 0) is 12.8 Å². The first kappa shape index (κ1) is 63.4. The van der Waals surface area contributed by atoms with E-state index in [0.717, 1.165) is 25.7 Å². The quantitative estimate of drug-likeness (QED) is 0.0458. The predicted octanol–water partition coefficient (Wildman–Crippen LogP) is 18.5. The molecule has 3 unspecified atom stereocenters. The van der Waals surface area contributed by atoms with Crippen molar-refractivity contribution >= 4 is 5.91 Å². The van der Waals surface area contributed by atoms with Crippen LogP contribution in [0.2, 0.25) is 0 Å². The second-order valence-electron chi connectivity index (χ2n) is 21.0. The van der Waals surface area contributed by atoms with Gasteiger partial charge in [0, 0.05) is 0 Å². The molecule has 0 bridgehead atoms. The zero-order chi connectivity index (χ0) is 46.5. The van der Waals surface area contributed by atoms with Crippen LogP contribution < -0.4 is 5.32 Å². The van der Waals surface area contributed by atoms with Crippen molar-refractivity contribution in [2.45, 2.75) is 366 Å². The zero-order valence-corrected chi connectivity index (χ0v) is 44.0. The van der Waals surface area contributed by atoms with Gasteiger partial charge in [-0.2, -0.15) is 0 Å². The van der Waals surface area contributed by atoms with E-state index in [4.69, 9.17) is 0 Å². The summed E-state index contributed by atoms with van der Waals surface area (Å²) in [5, 5.41) is 33.7. The third kappa shape index (κ3) is 50.8. The molecular formula is C59H119NO4. The molecule has 0 aromatic carbocycles. The number of hydrogen-bond donors (Lipinski definition) is 4. The van der Waals surface area contributed by atoms with Gasteiger partial charge in [0.05, 0.1) is 31.3 Å². The first-order valence-corrected chi connectivity index (χ1v) is 29.8. The standard InChI is InChI=1S/C59H119NO4/c1-3-5-7-9-11-13-15-17-19-21-23-25-27-28-29-31-32-34-36-38-40-42-44-46-48-50-52-56(62)54-59(64)60-57(55-61)58(63)53-51-49-47-45-43-41-39-37-35-33-30-26-24-22-20-18-16-14-12-10-8-6-4-2/h56-58,61-63H,3-55H2,1-2H3,(H,60,64). The Morgan fingerprint density at radius 2 is 0.531 bits per heavy atom. The number of unbranched alkanes of at least 4 members (excludes halogenated alkanes) is 47. The van der Waals surface area contributed by atoms with Gasteiger partial charge >= 0.3 is 0 Å². The van der Waals surface area contributed by atoms with Crippen LogP contribution in [-0.2, 0) is 4.79 Å². The molecule has 0 radical (unpaired) electrons. The lowest BCUT2D eigenvalue weighted by Gasteiger charge is -2.23. The molecule has 0 spiro atoms. The number of aliphatic hydroxyl groups is 3. The van der Waals surface area contributed by atoms with E-state index in [1.165, 1.54) is 289 Å². The SMILES string of the molecule is CCCCCCCCCCCCCCCCCCCCCCCCCCCCC(O)CC(=O)NC(CO)C(O)CCCCCCCCCCCCCCCCCCCCCCCCC. The zero-order valence-electron chi connectivity index (χ0n) is 44.0. The normalized spacial score (nSPS) is 13.1. The molecule has 0 heterocycles. The van der Waals surface area contributed by atoms with E-state index < -0.39 is 18.2 Å². The van der Waals surface area contributed by atoms with Crippen LogP contribution in [-0.4, -0.2) is 46.1 Å². The van der Waals surface area contributed by atoms with Crippen LogP contribution in [0, 0.1) is 0 Å². The molecule has 0 aromatic heterocycles. The summed E-state index contributed by atoms with van der Waals surface area (Å²) in [6.07, 6.45) is 67.0. The highest BCUT2D eigenvalue weighted by molar-refractivity contribution is 5.76. The molecule has 0 aliphatic rings. The van der Waals surface area contributed by atoms with Crippen molar-refractivity contribution in [2.75, 3.05) is 6.61 Å². The first-order valence-electron chi connectivity index (χ1n) is 29.8. The van der Waals surface area contributed by atoms with Crippen LogP contribution in [0.25, 0.3) is 0 Å². The number of aliphatic hydroxyl groups excluding tert-OH is 3. The topological polar surface area (TPSA) is 89.8 Å². The summed E-state index contributed by atoms with van der Waals surface area (Å²) < 4.78 is 0. The van der Waals surface area contributed by atoms with Gasteiger partial charge in [0.15, 0.2) is 0 Å². The Morgan fingerprint density at radius 3 is 0.750 bits per heavy atom. The second kappa shape index (κ2) is 55.0. The Labute approximate surface area is 402 Å².